The second-order valence-electron chi connectivity index (χ2n) is 6.02. The molecule has 2 aliphatic rings. The van der Waals surface area contributed by atoms with E-state index in [9.17, 15) is 24.6 Å². The first kappa shape index (κ1) is 17.5. The standard InChI is InChI=1S/C15H17N3O6S/c1-7(19)10-11(20)18-6-15(13(21)22,25-12(10)18)8-2-3-9(17-4-8)5-24-14(16)23/h2-4,7,10,12,19H,5-6H2,1H3,(H2,16,23)(H,21,22)/t7-,10+,12-,15?/m1/s1. The summed E-state index contributed by atoms with van der Waals surface area (Å²) in [4.78, 5) is 40.3. The molecule has 0 radical (unpaired) electrons. The van der Waals surface area contributed by atoms with Crippen molar-refractivity contribution in [3.63, 3.8) is 0 Å². The molecule has 0 spiro atoms. The first-order valence-electron chi connectivity index (χ1n) is 7.53. The van der Waals surface area contributed by atoms with Crippen LogP contribution in [0, 0.1) is 5.92 Å². The molecule has 9 nitrogen and oxygen atoms in total. The second-order valence-corrected chi connectivity index (χ2v) is 7.43. The topological polar surface area (TPSA) is 143 Å². The Morgan fingerprint density at radius 3 is 2.80 bits per heavy atom. The van der Waals surface area contributed by atoms with Crippen LogP contribution in [-0.2, 0) is 25.7 Å². The molecule has 0 bridgehead atoms. The maximum absolute atomic E-state index is 12.1. The number of hydrogen-bond acceptors (Lipinski definition) is 7. The number of thioether (sulfide) groups is 1. The number of carbonyl (C=O) groups is 3. The average molecular weight is 367 g/mol. The molecule has 25 heavy (non-hydrogen) atoms. The lowest BCUT2D eigenvalue weighted by Gasteiger charge is -2.42. The van der Waals surface area contributed by atoms with Gasteiger partial charge in [-0.25, -0.2) is 4.79 Å². The van der Waals surface area contributed by atoms with Gasteiger partial charge in [0.15, 0.2) is 4.75 Å². The lowest BCUT2D eigenvalue weighted by atomic mass is 9.90. The molecule has 10 heteroatoms. The summed E-state index contributed by atoms with van der Waals surface area (Å²) < 4.78 is 3.29. The number of aliphatic carboxylic acids is 1. The zero-order chi connectivity index (χ0) is 18.4. The number of aliphatic hydroxyl groups excluding tert-OH is 1. The SMILES string of the molecule is C[C@@H](O)[C@H]1C(=O)N2CC(C(=O)O)(c3ccc(COC(N)=O)nc3)S[C@H]12. The van der Waals surface area contributed by atoms with E-state index < -0.39 is 28.8 Å². The van der Waals surface area contributed by atoms with Crippen LogP contribution < -0.4 is 5.73 Å². The molecular formula is C15H17N3O6S. The molecule has 1 aromatic rings. The van der Waals surface area contributed by atoms with Gasteiger partial charge in [-0.1, -0.05) is 6.07 Å². The highest BCUT2D eigenvalue weighted by Crippen LogP contribution is 2.55. The van der Waals surface area contributed by atoms with Crippen molar-refractivity contribution >= 4 is 29.7 Å². The van der Waals surface area contributed by atoms with Crippen molar-refractivity contribution in [3.05, 3.63) is 29.6 Å². The third kappa shape index (κ3) is 2.81. The van der Waals surface area contributed by atoms with Crippen LogP contribution in [0.15, 0.2) is 18.3 Å². The molecule has 0 aliphatic carbocycles. The number of carbonyl (C=O) groups excluding carboxylic acids is 2. The van der Waals surface area contributed by atoms with Crippen LogP contribution in [0.3, 0.4) is 0 Å². The number of aromatic nitrogens is 1. The number of aliphatic hydroxyl groups is 1. The Labute approximate surface area is 147 Å². The van der Waals surface area contributed by atoms with E-state index in [1.54, 1.807) is 12.1 Å². The Bertz CT molecular complexity index is 724. The minimum Gasteiger partial charge on any atom is -0.480 e. The van der Waals surface area contributed by atoms with E-state index in [-0.39, 0.29) is 24.4 Å². The van der Waals surface area contributed by atoms with Gasteiger partial charge in [0.05, 0.1) is 29.6 Å². The summed E-state index contributed by atoms with van der Waals surface area (Å²) in [7, 11) is 0. The van der Waals surface area contributed by atoms with Gasteiger partial charge in [-0.3, -0.25) is 14.6 Å². The molecule has 4 atom stereocenters. The number of nitrogens with two attached hydrogens (primary N) is 1. The quantitative estimate of drug-likeness (QED) is 0.611. The van der Waals surface area contributed by atoms with E-state index in [0.29, 0.717) is 11.3 Å². The van der Waals surface area contributed by atoms with Gasteiger partial charge in [0.25, 0.3) is 0 Å². The highest BCUT2D eigenvalue weighted by molar-refractivity contribution is 8.02. The number of fused-ring (bicyclic) bond motifs is 1. The number of amides is 2. The Morgan fingerprint density at radius 1 is 1.56 bits per heavy atom. The van der Waals surface area contributed by atoms with E-state index in [2.05, 4.69) is 9.72 Å². The van der Waals surface area contributed by atoms with Gasteiger partial charge < -0.3 is 25.6 Å². The maximum atomic E-state index is 12.1. The normalized spacial score (nSPS) is 28.9. The largest absolute Gasteiger partial charge is 0.480 e. The van der Waals surface area contributed by atoms with Crippen LogP contribution in [0.4, 0.5) is 4.79 Å². The molecule has 2 aliphatic heterocycles. The molecule has 3 heterocycles. The number of carboxylic acid groups (broad SMARTS) is 1. The summed E-state index contributed by atoms with van der Waals surface area (Å²) in [6, 6.07) is 3.13. The van der Waals surface area contributed by atoms with Gasteiger partial charge in [-0.05, 0) is 18.6 Å². The fourth-order valence-corrected chi connectivity index (χ4v) is 4.86. The number of pyridine rings is 1. The molecule has 0 aromatic carbocycles. The van der Waals surface area contributed by atoms with Gasteiger partial charge in [-0.15, -0.1) is 11.8 Å². The van der Waals surface area contributed by atoms with Crippen molar-refractivity contribution in [1.82, 2.24) is 9.88 Å². The van der Waals surface area contributed by atoms with Crippen molar-refractivity contribution in [1.29, 1.82) is 0 Å². The Balaban J connectivity index is 1.84. The molecule has 1 aromatic heterocycles. The van der Waals surface area contributed by atoms with Gasteiger partial charge in [0.1, 0.15) is 6.61 Å². The number of hydrogen-bond donors (Lipinski definition) is 3. The van der Waals surface area contributed by atoms with E-state index in [1.807, 2.05) is 0 Å². The minimum absolute atomic E-state index is 0.0124. The van der Waals surface area contributed by atoms with Gasteiger partial charge in [0, 0.05) is 6.20 Å². The van der Waals surface area contributed by atoms with Crippen LogP contribution in [0.5, 0.6) is 0 Å². The second kappa shape index (κ2) is 6.19. The number of β-lactam (4-membered cyclic amide) rings is 1. The van der Waals surface area contributed by atoms with Crippen LogP contribution in [0.1, 0.15) is 18.2 Å². The molecule has 2 fully saturated rings. The molecular weight excluding hydrogens is 350 g/mol. The van der Waals surface area contributed by atoms with E-state index in [4.69, 9.17) is 5.73 Å². The van der Waals surface area contributed by atoms with Crippen molar-refractivity contribution < 1.29 is 29.3 Å². The average Bonchev–Trinajstić information content (AvgIpc) is 2.89. The molecule has 2 amide bonds. The van der Waals surface area contributed by atoms with E-state index in [0.717, 1.165) is 11.8 Å². The lowest BCUT2D eigenvalue weighted by Crippen LogP contribution is -2.60. The molecule has 134 valence electrons. The molecule has 4 N–H and O–H groups in total. The van der Waals surface area contributed by atoms with Crippen molar-refractivity contribution in [2.75, 3.05) is 6.54 Å². The zero-order valence-electron chi connectivity index (χ0n) is 13.3. The van der Waals surface area contributed by atoms with Crippen LogP contribution >= 0.6 is 11.8 Å². The third-order valence-corrected chi connectivity index (χ3v) is 6.15. The lowest BCUT2D eigenvalue weighted by molar-refractivity contribution is -0.156. The number of primary amides is 1. The molecule has 1 unspecified atom stereocenters. The highest BCUT2D eigenvalue weighted by Gasteiger charge is 2.63. The minimum atomic E-state index is -1.35. The first-order chi connectivity index (χ1) is 11.8. The zero-order valence-corrected chi connectivity index (χ0v) is 14.1. The van der Waals surface area contributed by atoms with Crippen molar-refractivity contribution in [2.45, 2.75) is 29.8 Å². The number of nitrogens with zero attached hydrogens (tertiary/aromatic N) is 2. The first-order valence-corrected chi connectivity index (χ1v) is 8.41. The van der Waals surface area contributed by atoms with Crippen molar-refractivity contribution in [3.8, 4) is 0 Å². The van der Waals surface area contributed by atoms with Crippen LogP contribution in [0.2, 0.25) is 0 Å². The Kier molecular flexibility index (Phi) is 4.33. The fourth-order valence-electron chi connectivity index (χ4n) is 3.08. The smallest absolute Gasteiger partial charge is 0.404 e. The number of rotatable bonds is 5. The monoisotopic (exact) mass is 367 g/mol. The summed E-state index contributed by atoms with van der Waals surface area (Å²) in [5.41, 5.74) is 5.74. The summed E-state index contributed by atoms with van der Waals surface area (Å²) >= 11 is 1.13. The van der Waals surface area contributed by atoms with Gasteiger partial charge in [0.2, 0.25) is 5.91 Å². The Morgan fingerprint density at radius 2 is 2.28 bits per heavy atom. The van der Waals surface area contributed by atoms with Gasteiger partial charge >= 0.3 is 12.1 Å². The van der Waals surface area contributed by atoms with E-state index in [1.165, 1.54) is 18.0 Å². The fraction of sp³-hybridized carbons (Fsp3) is 0.467. The van der Waals surface area contributed by atoms with Crippen LogP contribution in [-0.4, -0.2) is 56.1 Å². The third-order valence-electron chi connectivity index (χ3n) is 4.42. The van der Waals surface area contributed by atoms with Crippen molar-refractivity contribution in [2.24, 2.45) is 11.7 Å². The number of ether oxygens (including phenoxy) is 1. The summed E-state index contributed by atoms with van der Waals surface area (Å²) in [5, 5.41) is 19.2. The number of carboxylic acids is 1. The summed E-state index contributed by atoms with van der Waals surface area (Å²) in [6.07, 6.45) is -0.363. The summed E-state index contributed by atoms with van der Waals surface area (Å²) in [5.74, 6) is -1.91. The molecule has 2 saturated heterocycles. The maximum Gasteiger partial charge on any atom is 0.404 e. The predicted octanol–water partition coefficient (Wildman–Crippen LogP) is -0.131. The Hall–Kier alpha value is -2.33. The van der Waals surface area contributed by atoms with Gasteiger partial charge in [-0.2, -0.15) is 0 Å². The molecule has 0 saturated carbocycles. The molecule has 3 rings (SSSR count). The predicted molar refractivity (Wildman–Crippen MR) is 86.2 cm³/mol. The van der Waals surface area contributed by atoms with E-state index >= 15 is 0 Å². The summed E-state index contributed by atoms with van der Waals surface area (Å²) in [6.45, 7) is 1.43. The van der Waals surface area contributed by atoms with Crippen LogP contribution in [0.25, 0.3) is 0 Å². The highest BCUT2D eigenvalue weighted by atomic mass is 32.2.